The number of hydrogen-bond acceptors (Lipinski definition) is 3. The van der Waals surface area contributed by atoms with Crippen molar-refractivity contribution < 1.29 is 4.74 Å². The summed E-state index contributed by atoms with van der Waals surface area (Å²) in [5, 5.41) is 3.79. The smallest absolute Gasteiger partial charge is 0.0821 e. The Kier molecular flexibility index (Phi) is 6.33. The zero-order chi connectivity index (χ0) is 12.8. The molecule has 106 valence electrons. The fourth-order valence-electron chi connectivity index (χ4n) is 3.43. The molecular weight excluding hydrogens is 242 g/mol. The summed E-state index contributed by atoms with van der Waals surface area (Å²) in [7, 11) is 0. The van der Waals surface area contributed by atoms with E-state index in [0.717, 1.165) is 25.0 Å². The molecule has 1 saturated heterocycles. The van der Waals surface area contributed by atoms with Crippen molar-refractivity contribution in [3.63, 3.8) is 0 Å². The first-order chi connectivity index (χ1) is 8.81. The summed E-state index contributed by atoms with van der Waals surface area (Å²) in [6.07, 6.45) is 7.30. The highest BCUT2D eigenvalue weighted by atomic mass is 32.2. The first kappa shape index (κ1) is 14.7. The van der Waals surface area contributed by atoms with Crippen molar-refractivity contribution in [1.82, 2.24) is 5.32 Å². The summed E-state index contributed by atoms with van der Waals surface area (Å²) in [5.41, 5.74) is 0. The van der Waals surface area contributed by atoms with Gasteiger partial charge in [0.25, 0.3) is 0 Å². The predicted molar refractivity (Wildman–Crippen MR) is 80.3 cm³/mol. The van der Waals surface area contributed by atoms with Crippen molar-refractivity contribution in [3.8, 4) is 0 Å². The normalized spacial score (nSPS) is 35.3. The summed E-state index contributed by atoms with van der Waals surface area (Å²) in [6, 6.07) is 0.598. The van der Waals surface area contributed by atoms with Crippen molar-refractivity contribution in [3.05, 3.63) is 0 Å². The van der Waals surface area contributed by atoms with Crippen LogP contribution in [0.1, 0.15) is 46.0 Å². The molecule has 0 amide bonds. The van der Waals surface area contributed by atoms with Crippen LogP contribution in [0.2, 0.25) is 0 Å². The second-order valence-corrected chi connectivity index (χ2v) is 7.15. The molecule has 4 atom stereocenters. The molecule has 4 unspecified atom stereocenters. The Morgan fingerprint density at radius 3 is 2.94 bits per heavy atom. The largest absolute Gasteiger partial charge is 0.375 e. The van der Waals surface area contributed by atoms with Gasteiger partial charge in [-0.2, -0.15) is 11.8 Å². The number of rotatable bonds is 5. The number of thioether (sulfide) groups is 1. The first-order valence-electron chi connectivity index (χ1n) is 7.74. The molecule has 2 fully saturated rings. The highest BCUT2D eigenvalue weighted by molar-refractivity contribution is 7.99. The molecule has 2 nitrogen and oxygen atoms in total. The molecule has 3 heteroatoms. The third kappa shape index (κ3) is 4.14. The van der Waals surface area contributed by atoms with Gasteiger partial charge in [-0.3, -0.25) is 0 Å². The Labute approximate surface area is 117 Å². The highest BCUT2D eigenvalue weighted by Crippen LogP contribution is 2.33. The molecule has 2 aliphatic rings. The SMILES string of the molecule is CCCNC(C1CCCC(C)C1)C1CSCCO1. The van der Waals surface area contributed by atoms with E-state index in [-0.39, 0.29) is 0 Å². The van der Waals surface area contributed by atoms with Crippen molar-refractivity contribution in [2.24, 2.45) is 11.8 Å². The molecular formula is C15H29NOS. The molecule has 2 rings (SSSR count). The first-order valence-corrected chi connectivity index (χ1v) is 8.89. The van der Waals surface area contributed by atoms with Crippen LogP contribution in [-0.4, -0.2) is 36.8 Å². The molecule has 0 aromatic rings. The Morgan fingerprint density at radius 1 is 1.39 bits per heavy atom. The highest BCUT2D eigenvalue weighted by Gasteiger charge is 2.33. The molecule has 1 heterocycles. The van der Waals surface area contributed by atoms with E-state index in [4.69, 9.17) is 4.74 Å². The molecule has 1 N–H and O–H groups in total. The minimum Gasteiger partial charge on any atom is -0.375 e. The van der Waals surface area contributed by atoms with Gasteiger partial charge in [0.05, 0.1) is 12.7 Å². The lowest BCUT2D eigenvalue weighted by atomic mass is 9.77. The topological polar surface area (TPSA) is 21.3 Å². The fraction of sp³-hybridized carbons (Fsp3) is 1.00. The van der Waals surface area contributed by atoms with Crippen molar-refractivity contribution in [2.75, 3.05) is 24.7 Å². The Balaban J connectivity index is 1.93. The predicted octanol–water partition coefficient (Wildman–Crippen LogP) is 3.31. The van der Waals surface area contributed by atoms with E-state index in [2.05, 4.69) is 30.9 Å². The summed E-state index contributed by atoms with van der Waals surface area (Å²) >= 11 is 2.06. The van der Waals surface area contributed by atoms with Crippen LogP contribution < -0.4 is 5.32 Å². The van der Waals surface area contributed by atoms with Crippen molar-refractivity contribution in [1.29, 1.82) is 0 Å². The van der Waals surface area contributed by atoms with Crippen LogP contribution >= 0.6 is 11.8 Å². The van der Waals surface area contributed by atoms with Crippen molar-refractivity contribution >= 4 is 11.8 Å². The number of nitrogens with one attached hydrogen (secondary N) is 1. The van der Waals surface area contributed by atoms with Gasteiger partial charge in [0.1, 0.15) is 0 Å². The van der Waals surface area contributed by atoms with Crippen LogP contribution in [0.5, 0.6) is 0 Å². The van der Waals surface area contributed by atoms with Gasteiger partial charge in [-0.15, -0.1) is 0 Å². The van der Waals surface area contributed by atoms with Gasteiger partial charge in [-0.25, -0.2) is 0 Å². The monoisotopic (exact) mass is 271 g/mol. The molecule has 1 aliphatic heterocycles. The van der Waals surface area contributed by atoms with E-state index in [9.17, 15) is 0 Å². The van der Waals surface area contributed by atoms with E-state index >= 15 is 0 Å². The van der Waals surface area contributed by atoms with Crippen LogP contribution in [0, 0.1) is 11.8 Å². The second kappa shape index (κ2) is 7.76. The minimum atomic E-state index is 0.450. The lowest BCUT2D eigenvalue weighted by Gasteiger charge is -2.39. The third-order valence-electron chi connectivity index (χ3n) is 4.36. The van der Waals surface area contributed by atoms with Gasteiger partial charge in [0.15, 0.2) is 0 Å². The number of hydrogen-bond donors (Lipinski definition) is 1. The Hall–Kier alpha value is 0.270. The summed E-state index contributed by atoms with van der Waals surface area (Å²) in [4.78, 5) is 0. The van der Waals surface area contributed by atoms with Gasteiger partial charge in [0.2, 0.25) is 0 Å². The van der Waals surface area contributed by atoms with Crippen LogP contribution in [0.15, 0.2) is 0 Å². The maximum absolute atomic E-state index is 6.04. The molecule has 0 spiro atoms. The van der Waals surface area contributed by atoms with Crippen LogP contribution in [0.25, 0.3) is 0 Å². The second-order valence-electron chi connectivity index (χ2n) is 6.00. The molecule has 0 aromatic heterocycles. The molecule has 0 radical (unpaired) electrons. The molecule has 1 aliphatic carbocycles. The van der Waals surface area contributed by atoms with Gasteiger partial charge in [-0.1, -0.05) is 26.7 Å². The standard InChI is InChI=1S/C15H29NOS/c1-3-7-16-15(14-11-18-9-8-17-14)13-6-4-5-12(2)10-13/h12-16H,3-11H2,1-2H3. The molecule has 1 saturated carbocycles. The van der Waals surface area contributed by atoms with E-state index in [1.807, 2.05) is 0 Å². The average molecular weight is 271 g/mol. The summed E-state index contributed by atoms with van der Waals surface area (Å²) in [5.74, 6) is 4.11. The zero-order valence-corrected chi connectivity index (χ0v) is 12.8. The van der Waals surface area contributed by atoms with E-state index < -0.39 is 0 Å². The van der Waals surface area contributed by atoms with Gasteiger partial charge in [0, 0.05) is 17.5 Å². The Bertz CT molecular complexity index is 231. The average Bonchev–Trinajstić information content (AvgIpc) is 2.40. The van der Waals surface area contributed by atoms with Crippen molar-refractivity contribution in [2.45, 2.75) is 58.1 Å². The Morgan fingerprint density at radius 2 is 2.28 bits per heavy atom. The molecule has 0 bridgehead atoms. The quantitative estimate of drug-likeness (QED) is 0.829. The lowest BCUT2D eigenvalue weighted by Crippen LogP contribution is -2.50. The summed E-state index contributed by atoms with van der Waals surface area (Å²) < 4.78 is 6.04. The molecule has 18 heavy (non-hydrogen) atoms. The van der Waals surface area contributed by atoms with E-state index in [0.29, 0.717) is 12.1 Å². The van der Waals surface area contributed by atoms with Crippen LogP contribution in [0.3, 0.4) is 0 Å². The van der Waals surface area contributed by atoms with E-state index in [1.54, 1.807) is 0 Å². The minimum absolute atomic E-state index is 0.450. The van der Waals surface area contributed by atoms with E-state index in [1.165, 1.54) is 43.6 Å². The summed E-state index contributed by atoms with van der Waals surface area (Å²) in [6.45, 7) is 6.76. The number of ether oxygens (including phenoxy) is 1. The maximum atomic E-state index is 6.04. The lowest BCUT2D eigenvalue weighted by molar-refractivity contribution is 0.0197. The third-order valence-corrected chi connectivity index (χ3v) is 5.38. The fourth-order valence-corrected chi connectivity index (χ4v) is 4.35. The van der Waals surface area contributed by atoms with Gasteiger partial charge < -0.3 is 10.1 Å². The maximum Gasteiger partial charge on any atom is 0.0821 e. The van der Waals surface area contributed by atoms with Gasteiger partial charge >= 0.3 is 0 Å². The van der Waals surface area contributed by atoms with Crippen LogP contribution in [0.4, 0.5) is 0 Å². The van der Waals surface area contributed by atoms with Gasteiger partial charge in [-0.05, 0) is 37.6 Å². The van der Waals surface area contributed by atoms with Crippen LogP contribution in [-0.2, 0) is 4.74 Å². The molecule has 0 aromatic carbocycles. The zero-order valence-electron chi connectivity index (χ0n) is 12.0.